The molecule has 0 spiro atoms. The molecule has 8 heavy (non-hydrogen) atoms. The van der Waals surface area contributed by atoms with Crippen LogP contribution in [-0.2, 0) is 30.9 Å². The van der Waals surface area contributed by atoms with E-state index in [1.165, 1.54) is 22.9 Å². The number of hydrogen-bond donors (Lipinski definition) is 0. The molecule has 0 aromatic carbocycles. The molecule has 0 radical (unpaired) electrons. The molecule has 0 aliphatic carbocycles. The quantitative estimate of drug-likeness (QED) is 0.468. The molecule has 0 saturated heterocycles. The van der Waals surface area contributed by atoms with E-state index < -0.39 is 0 Å². The molecule has 0 nitrogen and oxygen atoms in total. The third-order valence-electron chi connectivity index (χ3n) is 0.192. The summed E-state index contributed by atoms with van der Waals surface area (Å²) in [6.45, 7) is 4.94. The van der Waals surface area contributed by atoms with E-state index in [1.54, 1.807) is 0 Å². The average molecular weight is 400 g/mol. The normalized spacial score (nSPS) is 7.62. The number of rotatable bonds is 1. The zero-order valence-electron chi connectivity index (χ0n) is 3.77. The van der Waals surface area contributed by atoms with Gasteiger partial charge in [0.25, 0.3) is 0 Å². The van der Waals surface area contributed by atoms with Crippen LogP contribution >= 0.6 is 27.5 Å². The van der Waals surface area contributed by atoms with Crippen molar-refractivity contribution in [2.45, 2.75) is 0 Å². The van der Waals surface area contributed by atoms with E-state index >= 15 is 0 Å². The van der Waals surface area contributed by atoms with Crippen molar-refractivity contribution in [3.63, 3.8) is 0 Å². The fourth-order valence-corrected chi connectivity index (χ4v) is 0.485. The second-order valence-electron chi connectivity index (χ2n) is 0.638. The fourth-order valence-electron chi connectivity index (χ4n) is 0.0521. The topological polar surface area (TPSA) is 0 Å². The molecule has 4 heteroatoms. The molecule has 0 aliphatic heterocycles. The van der Waals surface area contributed by atoms with Crippen LogP contribution in [-0.4, -0.2) is 0 Å². The summed E-state index contributed by atoms with van der Waals surface area (Å²) < 4.78 is 0. The third-order valence-corrected chi connectivity index (χ3v) is 0.530. The van der Waals surface area contributed by atoms with Gasteiger partial charge in [-0.25, -0.2) is 27.5 Å². The SMILES string of the molecule is [CH-]=C(Cl)C=[C-]Br.[V]=[W]. The predicted octanol–water partition coefficient (Wildman–Crippen LogP) is 2.25. The summed E-state index contributed by atoms with van der Waals surface area (Å²) in [4.78, 5) is 2.46. The van der Waals surface area contributed by atoms with Gasteiger partial charge in [0, 0.05) is 0 Å². The van der Waals surface area contributed by atoms with Crippen molar-refractivity contribution in [3.05, 3.63) is 22.7 Å². The van der Waals surface area contributed by atoms with E-state index in [1.807, 2.05) is 0 Å². The summed E-state index contributed by atoms with van der Waals surface area (Å²) in [5, 5.41) is 0.229. The van der Waals surface area contributed by atoms with Gasteiger partial charge >= 0.3 is 30.9 Å². The van der Waals surface area contributed by atoms with Crippen molar-refractivity contribution >= 4 is 27.5 Å². The van der Waals surface area contributed by atoms with Gasteiger partial charge in [-0.1, -0.05) is 0 Å². The molecule has 0 aliphatic rings. The molecule has 0 N–H and O–H groups in total. The summed E-state index contributed by atoms with van der Waals surface area (Å²) in [6.07, 6.45) is 1.42. The van der Waals surface area contributed by atoms with Gasteiger partial charge in [-0.2, -0.15) is 0 Å². The first-order valence-electron chi connectivity index (χ1n) is 1.43. The van der Waals surface area contributed by atoms with Crippen LogP contribution in [0.25, 0.3) is 0 Å². The molecule has 0 fully saturated rings. The summed E-state index contributed by atoms with van der Waals surface area (Å²) in [5.74, 6) is 0. The molecule has 0 bridgehead atoms. The monoisotopic (exact) mass is 399 g/mol. The van der Waals surface area contributed by atoms with E-state index in [2.05, 4.69) is 35.0 Å². The van der Waals surface area contributed by atoms with Gasteiger partial charge in [0.15, 0.2) is 0 Å². The molecule has 45 valence electrons. The molecule has 0 heterocycles. The molecule has 0 rings (SSSR count). The molecule has 0 aromatic heterocycles. The Labute approximate surface area is 80.3 Å². The first-order valence-corrected chi connectivity index (χ1v) is 8.58. The van der Waals surface area contributed by atoms with Crippen LogP contribution in [0.5, 0.6) is 0 Å². The molecule has 0 unspecified atom stereocenters. The van der Waals surface area contributed by atoms with Crippen LogP contribution in [0.4, 0.5) is 0 Å². The first-order chi connectivity index (χ1) is 3.77. The minimum absolute atomic E-state index is 0.229. The second-order valence-corrected chi connectivity index (χ2v) is 1.53. The van der Waals surface area contributed by atoms with Crippen molar-refractivity contribution < 1.29 is 30.9 Å². The van der Waals surface area contributed by atoms with Crippen LogP contribution < -0.4 is 0 Å². The van der Waals surface area contributed by atoms with Gasteiger partial charge in [-0.15, -0.1) is 0 Å². The summed E-state index contributed by atoms with van der Waals surface area (Å²) >= 11 is 11.9. The zero-order chi connectivity index (χ0) is 6.99. The molecule has 0 aromatic rings. The van der Waals surface area contributed by atoms with Gasteiger partial charge in [-0.3, -0.25) is 10.0 Å². The van der Waals surface area contributed by atoms with Gasteiger partial charge in [0.2, 0.25) is 0 Å². The summed E-state index contributed by atoms with van der Waals surface area (Å²) in [6, 6.07) is 0. The van der Waals surface area contributed by atoms with E-state index in [9.17, 15) is 0 Å². The van der Waals surface area contributed by atoms with E-state index in [4.69, 9.17) is 18.2 Å². The number of hydrogen-bond acceptors (Lipinski definition) is 0. The van der Waals surface area contributed by atoms with Crippen molar-refractivity contribution in [2.75, 3.05) is 0 Å². The van der Waals surface area contributed by atoms with E-state index in [-0.39, 0.29) is 5.03 Å². The van der Waals surface area contributed by atoms with Crippen LogP contribution in [0.2, 0.25) is 0 Å². The maximum atomic E-state index is 5.12. The average Bonchev–Trinajstić information content (AvgIpc) is 1.72. The van der Waals surface area contributed by atoms with Crippen molar-refractivity contribution in [2.24, 2.45) is 0 Å². The third kappa shape index (κ3) is 15.6. The Morgan fingerprint density at radius 2 is 2.25 bits per heavy atom. The Morgan fingerprint density at radius 1 is 1.88 bits per heavy atom. The molecule has 0 amide bonds. The second kappa shape index (κ2) is 11.3. The van der Waals surface area contributed by atoms with Crippen LogP contribution in [0, 0.1) is 11.6 Å². The van der Waals surface area contributed by atoms with Crippen LogP contribution in [0.1, 0.15) is 0 Å². The Balaban J connectivity index is 0. The predicted molar refractivity (Wildman–Crippen MR) is 30.4 cm³/mol. The standard InChI is InChI=1S/C4H2BrCl.V.W/c1-4(6)2-3-5;;/h1-2H;;/q-2;;. The first kappa shape index (κ1) is 12.2. The molecule has 0 atom stereocenters. The van der Waals surface area contributed by atoms with E-state index in [0.717, 1.165) is 0 Å². The van der Waals surface area contributed by atoms with E-state index in [0.29, 0.717) is 0 Å². The van der Waals surface area contributed by atoms with Gasteiger partial charge in [-0.05, 0) is 0 Å². The Kier molecular flexibility index (Phi) is 17.3. The molecular formula is C4H2BrClVW-2. The number of allylic oxidation sites excluding steroid dienone is 2. The minimum atomic E-state index is 0.229. The van der Waals surface area contributed by atoms with Gasteiger partial charge in [0.1, 0.15) is 0 Å². The Bertz CT molecular complexity index is 94.0. The van der Waals surface area contributed by atoms with Crippen LogP contribution in [0.15, 0.2) is 11.1 Å². The van der Waals surface area contributed by atoms with Crippen molar-refractivity contribution in [1.82, 2.24) is 0 Å². The number of halogens is 2. The molecule has 0 saturated carbocycles. The molecular weight excluding hydrogens is 398 g/mol. The zero-order valence-corrected chi connectivity index (χ0v) is 10.4. The van der Waals surface area contributed by atoms with Crippen molar-refractivity contribution in [1.29, 1.82) is 0 Å². The summed E-state index contributed by atoms with van der Waals surface area (Å²) in [7, 11) is 0. The van der Waals surface area contributed by atoms with Crippen LogP contribution in [0.3, 0.4) is 0 Å². The summed E-state index contributed by atoms with van der Waals surface area (Å²) in [5.41, 5.74) is 0. The maximum absolute atomic E-state index is 5.12. The Hall–Kier alpha value is 1.52. The van der Waals surface area contributed by atoms with Gasteiger partial charge < -0.3 is 12.7 Å². The fraction of sp³-hybridized carbons (Fsp3) is 0. The van der Waals surface area contributed by atoms with Crippen molar-refractivity contribution in [3.8, 4) is 0 Å². The van der Waals surface area contributed by atoms with Gasteiger partial charge in [0.05, 0.1) is 0 Å². The Morgan fingerprint density at radius 3 is 2.25 bits per heavy atom.